The molecule has 0 rings (SSSR count). The van der Waals surface area contributed by atoms with Crippen molar-refractivity contribution >= 4 is 5.97 Å². The average molecular weight is 175 g/mol. The van der Waals surface area contributed by atoms with Crippen LogP contribution in [0.25, 0.3) is 0 Å². The van der Waals surface area contributed by atoms with Gasteiger partial charge in [-0.05, 0) is 12.5 Å². The van der Waals surface area contributed by atoms with E-state index in [1.54, 1.807) is 7.11 Å². The lowest BCUT2D eigenvalue weighted by atomic mass is 10.1. The van der Waals surface area contributed by atoms with Crippen molar-refractivity contribution < 1.29 is 14.6 Å². The van der Waals surface area contributed by atoms with Crippen LogP contribution in [0.15, 0.2) is 0 Å². The molecule has 0 aromatic heterocycles. The van der Waals surface area contributed by atoms with Gasteiger partial charge in [0.1, 0.15) is 0 Å². The van der Waals surface area contributed by atoms with Crippen molar-refractivity contribution in [3.8, 4) is 0 Å². The molecular weight excluding hydrogens is 158 g/mol. The van der Waals surface area contributed by atoms with Gasteiger partial charge in [0, 0.05) is 20.1 Å². The molecule has 4 nitrogen and oxygen atoms in total. The molecule has 1 atom stereocenters. The van der Waals surface area contributed by atoms with Crippen LogP contribution >= 0.6 is 0 Å². The molecule has 0 aromatic carbocycles. The van der Waals surface area contributed by atoms with E-state index in [-0.39, 0.29) is 12.3 Å². The Morgan fingerprint density at radius 2 is 2.33 bits per heavy atom. The van der Waals surface area contributed by atoms with Gasteiger partial charge in [-0.1, -0.05) is 6.92 Å². The van der Waals surface area contributed by atoms with Crippen molar-refractivity contribution in [2.75, 3.05) is 26.8 Å². The van der Waals surface area contributed by atoms with E-state index >= 15 is 0 Å². The van der Waals surface area contributed by atoms with Gasteiger partial charge in [0.2, 0.25) is 0 Å². The summed E-state index contributed by atoms with van der Waals surface area (Å²) in [7, 11) is 1.64. The standard InChI is InChI=1S/C8H17NO3/c1-7(5-8(10)11)6-9-3-4-12-2/h7,9H,3-6H2,1-2H3,(H,10,11). The molecule has 0 saturated carbocycles. The summed E-state index contributed by atoms with van der Waals surface area (Å²) in [6, 6.07) is 0. The van der Waals surface area contributed by atoms with Gasteiger partial charge in [0.15, 0.2) is 0 Å². The summed E-state index contributed by atoms with van der Waals surface area (Å²) in [5.74, 6) is -0.560. The third-order valence-corrected chi connectivity index (χ3v) is 1.50. The zero-order valence-electron chi connectivity index (χ0n) is 7.67. The summed E-state index contributed by atoms with van der Waals surface area (Å²) >= 11 is 0. The molecule has 0 spiro atoms. The predicted octanol–water partition coefficient (Wildman–Crippen LogP) is 0.333. The first kappa shape index (κ1) is 11.4. The summed E-state index contributed by atoms with van der Waals surface area (Å²) in [5.41, 5.74) is 0. The number of carboxylic acid groups (broad SMARTS) is 1. The van der Waals surface area contributed by atoms with E-state index in [0.717, 1.165) is 13.1 Å². The fourth-order valence-electron chi connectivity index (χ4n) is 0.893. The Morgan fingerprint density at radius 1 is 1.67 bits per heavy atom. The maximum absolute atomic E-state index is 10.2. The summed E-state index contributed by atoms with van der Waals surface area (Å²) in [5, 5.41) is 11.5. The maximum Gasteiger partial charge on any atom is 0.303 e. The van der Waals surface area contributed by atoms with Crippen LogP contribution in [0.1, 0.15) is 13.3 Å². The first-order valence-electron chi connectivity index (χ1n) is 4.08. The number of methoxy groups -OCH3 is 1. The molecule has 12 heavy (non-hydrogen) atoms. The van der Waals surface area contributed by atoms with Crippen LogP contribution in [0.2, 0.25) is 0 Å². The van der Waals surface area contributed by atoms with Gasteiger partial charge in [-0.3, -0.25) is 4.79 Å². The summed E-state index contributed by atoms with van der Waals surface area (Å²) in [6.45, 7) is 4.09. The summed E-state index contributed by atoms with van der Waals surface area (Å²) in [6.07, 6.45) is 0.222. The largest absolute Gasteiger partial charge is 0.481 e. The second-order valence-corrected chi connectivity index (χ2v) is 2.90. The van der Waals surface area contributed by atoms with E-state index < -0.39 is 5.97 Å². The lowest BCUT2D eigenvalue weighted by Gasteiger charge is -2.09. The molecule has 72 valence electrons. The summed E-state index contributed by atoms with van der Waals surface area (Å²) in [4.78, 5) is 10.2. The first-order valence-corrected chi connectivity index (χ1v) is 4.08. The Kier molecular flexibility index (Phi) is 6.70. The molecule has 4 heteroatoms. The van der Waals surface area contributed by atoms with Crippen LogP contribution in [0.5, 0.6) is 0 Å². The normalized spacial score (nSPS) is 12.8. The SMILES string of the molecule is COCCNCC(C)CC(=O)O. The number of hydrogen-bond acceptors (Lipinski definition) is 3. The number of hydrogen-bond donors (Lipinski definition) is 2. The van der Waals surface area contributed by atoms with Crippen LogP contribution in [0.4, 0.5) is 0 Å². The second-order valence-electron chi connectivity index (χ2n) is 2.90. The third kappa shape index (κ3) is 7.50. The molecular formula is C8H17NO3. The highest BCUT2D eigenvalue weighted by Crippen LogP contribution is 1.98. The summed E-state index contributed by atoms with van der Waals surface area (Å²) < 4.78 is 4.83. The highest BCUT2D eigenvalue weighted by atomic mass is 16.5. The number of ether oxygens (including phenoxy) is 1. The number of carboxylic acids is 1. The minimum atomic E-state index is -0.740. The Hall–Kier alpha value is -0.610. The topological polar surface area (TPSA) is 58.6 Å². The maximum atomic E-state index is 10.2. The number of carbonyl (C=O) groups is 1. The minimum absolute atomic E-state index is 0.180. The van der Waals surface area contributed by atoms with Crippen molar-refractivity contribution in [2.24, 2.45) is 5.92 Å². The predicted molar refractivity (Wildman–Crippen MR) is 46.2 cm³/mol. The number of nitrogens with one attached hydrogen (secondary N) is 1. The smallest absolute Gasteiger partial charge is 0.303 e. The fraction of sp³-hybridized carbons (Fsp3) is 0.875. The van der Waals surface area contributed by atoms with Gasteiger partial charge >= 0.3 is 5.97 Å². The second kappa shape index (κ2) is 7.06. The highest BCUT2D eigenvalue weighted by Gasteiger charge is 2.05. The minimum Gasteiger partial charge on any atom is -0.481 e. The molecule has 0 fully saturated rings. The molecule has 0 radical (unpaired) electrons. The van der Waals surface area contributed by atoms with Crippen molar-refractivity contribution in [3.63, 3.8) is 0 Å². The Bertz CT molecular complexity index is 127. The molecule has 0 aliphatic heterocycles. The molecule has 0 saturated heterocycles. The molecule has 0 heterocycles. The molecule has 0 aromatic rings. The van der Waals surface area contributed by atoms with Gasteiger partial charge < -0.3 is 15.2 Å². The van der Waals surface area contributed by atoms with Gasteiger partial charge in [0.05, 0.1) is 6.61 Å². The van der Waals surface area contributed by atoms with E-state index in [2.05, 4.69) is 5.32 Å². The Labute approximate surface area is 72.9 Å². The van der Waals surface area contributed by atoms with Crippen molar-refractivity contribution in [1.82, 2.24) is 5.32 Å². The van der Waals surface area contributed by atoms with E-state index in [0.29, 0.717) is 6.61 Å². The zero-order chi connectivity index (χ0) is 9.40. The molecule has 0 bridgehead atoms. The van der Waals surface area contributed by atoms with Crippen molar-refractivity contribution in [2.45, 2.75) is 13.3 Å². The lowest BCUT2D eigenvalue weighted by Crippen LogP contribution is -2.25. The van der Waals surface area contributed by atoms with E-state index in [9.17, 15) is 4.79 Å². The van der Waals surface area contributed by atoms with Crippen LogP contribution in [0, 0.1) is 5.92 Å². The molecule has 1 unspecified atom stereocenters. The monoisotopic (exact) mass is 175 g/mol. The molecule has 2 N–H and O–H groups in total. The molecule has 0 aliphatic rings. The zero-order valence-corrected chi connectivity index (χ0v) is 7.67. The van der Waals surface area contributed by atoms with E-state index in [1.165, 1.54) is 0 Å². The van der Waals surface area contributed by atoms with Crippen LogP contribution in [-0.4, -0.2) is 37.9 Å². The molecule has 0 aliphatic carbocycles. The van der Waals surface area contributed by atoms with Gasteiger partial charge in [0.25, 0.3) is 0 Å². The average Bonchev–Trinajstić information content (AvgIpc) is 1.97. The fourth-order valence-corrected chi connectivity index (χ4v) is 0.893. The van der Waals surface area contributed by atoms with E-state index in [1.807, 2.05) is 6.92 Å². The van der Waals surface area contributed by atoms with E-state index in [4.69, 9.17) is 9.84 Å². The van der Waals surface area contributed by atoms with Crippen LogP contribution in [-0.2, 0) is 9.53 Å². The van der Waals surface area contributed by atoms with Gasteiger partial charge in [-0.15, -0.1) is 0 Å². The molecule has 0 amide bonds. The lowest BCUT2D eigenvalue weighted by molar-refractivity contribution is -0.137. The third-order valence-electron chi connectivity index (χ3n) is 1.50. The number of rotatable bonds is 7. The van der Waals surface area contributed by atoms with Gasteiger partial charge in [-0.2, -0.15) is 0 Å². The van der Waals surface area contributed by atoms with Crippen LogP contribution in [0.3, 0.4) is 0 Å². The number of aliphatic carboxylic acids is 1. The Balaban J connectivity index is 3.19. The quantitative estimate of drug-likeness (QED) is 0.547. The Morgan fingerprint density at radius 3 is 2.83 bits per heavy atom. The van der Waals surface area contributed by atoms with Crippen molar-refractivity contribution in [3.05, 3.63) is 0 Å². The van der Waals surface area contributed by atoms with Crippen LogP contribution < -0.4 is 5.32 Å². The van der Waals surface area contributed by atoms with Crippen molar-refractivity contribution in [1.29, 1.82) is 0 Å². The van der Waals surface area contributed by atoms with Gasteiger partial charge in [-0.25, -0.2) is 0 Å². The first-order chi connectivity index (χ1) is 5.66. The highest BCUT2D eigenvalue weighted by molar-refractivity contribution is 5.66.